The van der Waals surface area contributed by atoms with Crippen LogP contribution < -0.4 is 5.32 Å². The topological polar surface area (TPSA) is 85.6 Å². The highest BCUT2D eigenvalue weighted by Gasteiger charge is 2.37. The molecule has 1 N–H and O–H groups in total. The SMILES string of the molecule is C[C@H](NC(=O)c1cc(C(F)(F)F)cc(C(F)(F)F)c1)c1ncnn1-c1ncc(F)cn1. The van der Waals surface area contributed by atoms with Crippen molar-refractivity contribution in [3.63, 3.8) is 0 Å². The maximum atomic E-state index is 13.0. The van der Waals surface area contributed by atoms with Crippen molar-refractivity contribution in [2.45, 2.75) is 25.3 Å². The molecule has 0 aliphatic carbocycles. The Balaban J connectivity index is 1.90. The number of alkyl halides is 6. The lowest BCUT2D eigenvalue weighted by Gasteiger charge is -2.16. The average molecular weight is 448 g/mol. The van der Waals surface area contributed by atoms with E-state index in [-0.39, 0.29) is 17.8 Å². The van der Waals surface area contributed by atoms with Crippen LogP contribution in [0.2, 0.25) is 0 Å². The summed E-state index contributed by atoms with van der Waals surface area (Å²) in [5, 5.41) is 6.07. The number of rotatable bonds is 4. The van der Waals surface area contributed by atoms with Crippen molar-refractivity contribution in [2.24, 2.45) is 0 Å². The maximum Gasteiger partial charge on any atom is 0.416 e. The number of hydrogen-bond acceptors (Lipinski definition) is 5. The molecule has 0 bridgehead atoms. The van der Waals surface area contributed by atoms with Gasteiger partial charge in [-0.2, -0.15) is 36.1 Å². The monoisotopic (exact) mass is 448 g/mol. The van der Waals surface area contributed by atoms with E-state index in [0.717, 1.165) is 23.4 Å². The number of carbonyl (C=O) groups is 1. The molecule has 14 heteroatoms. The van der Waals surface area contributed by atoms with E-state index in [9.17, 15) is 35.5 Å². The summed E-state index contributed by atoms with van der Waals surface area (Å²) in [4.78, 5) is 23.7. The molecule has 0 saturated heterocycles. The summed E-state index contributed by atoms with van der Waals surface area (Å²) in [5.74, 6) is -2.05. The first-order valence-electron chi connectivity index (χ1n) is 8.34. The number of amides is 1. The van der Waals surface area contributed by atoms with Crippen LogP contribution in [0.5, 0.6) is 0 Å². The van der Waals surface area contributed by atoms with E-state index in [4.69, 9.17) is 0 Å². The van der Waals surface area contributed by atoms with Crippen molar-refractivity contribution >= 4 is 5.91 Å². The van der Waals surface area contributed by atoms with Crippen LogP contribution in [0.3, 0.4) is 0 Å². The summed E-state index contributed by atoms with van der Waals surface area (Å²) in [6.07, 6.45) is -7.45. The van der Waals surface area contributed by atoms with E-state index in [1.165, 1.54) is 6.92 Å². The van der Waals surface area contributed by atoms with E-state index in [0.29, 0.717) is 12.1 Å². The van der Waals surface area contributed by atoms with Gasteiger partial charge in [-0.1, -0.05) is 0 Å². The fourth-order valence-corrected chi connectivity index (χ4v) is 2.55. The molecule has 1 atom stereocenters. The second kappa shape index (κ2) is 7.92. The lowest BCUT2D eigenvalue weighted by atomic mass is 10.0. The molecule has 3 rings (SSSR count). The van der Waals surface area contributed by atoms with Crippen LogP contribution in [-0.4, -0.2) is 30.6 Å². The van der Waals surface area contributed by atoms with E-state index in [1.807, 2.05) is 0 Å². The second-order valence-electron chi connectivity index (χ2n) is 6.22. The summed E-state index contributed by atoms with van der Waals surface area (Å²) in [5.41, 5.74) is -4.09. The Morgan fingerprint density at radius 3 is 2.03 bits per heavy atom. The van der Waals surface area contributed by atoms with Crippen LogP contribution in [0, 0.1) is 5.82 Å². The quantitative estimate of drug-likeness (QED) is 0.615. The van der Waals surface area contributed by atoms with Crippen molar-refractivity contribution in [1.82, 2.24) is 30.0 Å². The predicted molar refractivity (Wildman–Crippen MR) is 89.2 cm³/mol. The van der Waals surface area contributed by atoms with Gasteiger partial charge in [-0.15, -0.1) is 0 Å². The van der Waals surface area contributed by atoms with Crippen molar-refractivity contribution < 1.29 is 35.5 Å². The maximum absolute atomic E-state index is 13.0. The first-order valence-corrected chi connectivity index (χ1v) is 8.34. The van der Waals surface area contributed by atoms with E-state index < -0.39 is 46.8 Å². The molecule has 0 radical (unpaired) electrons. The van der Waals surface area contributed by atoms with Crippen molar-refractivity contribution in [1.29, 1.82) is 0 Å². The summed E-state index contributed by atoms with van der Waals surface area (Å²) >= 11 is 0. The van der Waals surface area contributed by atoms with Crippen LogP contribution in [0.4, 0.5) is 30.7 Å². The molecular formula is C17H11F7N6O. The molecular weight excluding hydrogens is 437 g/mol. The molecule has 2 aromatic heterocycles. The molecule has 3 aromatic rings. The first-order chi connectivity index (χ1) is 14.4. The third-order valence-electron chi connectivity index (χ3n) is 3.96. The van der Waals surface area contributed by atoms with Crippen molar-refractivity contribution in [2.75, 3.05) is 0 Å². The molecule has 7 nitrogen and oxygen atoms in total. The third kappa shape index (κ3) is 4.95. The van der Waals surface area contributed by atoms with Crippen molar-refractivity contribution in [3.8, 4) is 5.95 Å². The van der Waals surface area contributed by atoms with Gasteiger partial charge in [0.25, 0.3) is 11.9 Å². The van der Waals surface area contributed by atoms with Gasteiger partial charge in [-0.25, -0.2) is 19.3 Å². The number of hydrogen-bond donors (Lipinski definition) is 1. The predicted octanol–water partition coefficient (Wildman–Crippen LogP) is 3.73. The highest BCUT2D eigenvalue weighted by Crippen LogP contribution is 2.36. The van der Waals surface area contributed by atoms with Crippen LogP contribution >= 0.6 is 0 Å². The first kappa shape index (κ1) is 22.1. The molecule has 2 heterocycles. The van der Waals surface area contributed by atoms with Gasteiger partial charge >= 0.3 is 12.4 Å². The number of carbonyl (C=O) groups excluding carboxylic acids is 1. The van der Waals surface area contributed by atoms with Crippen LogP contribution in [0.1, 0.15) is 40.3 Å². The summed E-state index contributed by atoms with van der Waals surface area (Å²) in [6.45, 7) is 1.36. The number of aromatic nitrogens is 5. The molecule has 0 saturated carbocycles. The lowest BCUT2D eigenvalue weighted by Crippen LogP contribution is -2.29. The number of nitrogens with zero attached hydrogens (tertiary/aromatic N) is 5. The summed E-state index contributed by atoms with van der Waals surface area (Å²) in [7, 11) is 0. The Hall–Kier alpha value is -3.58. The van der Waals surface area contributed by atoms with Gasteiger partial charge < -0.3 is 5.32 Å². The molecule has 1 amide bonds. The second-order valence-corrected chi connectivity index (χ2v) is 6.22. The minimum atomic E-state index is -5.10. The highest BCUT2D eigenvalue weighted by atomic mass is 19.4. The zero-order chi connectivity index (χ0) is 23.0. The molecule has 0 aliphatic heterocycles. The zero-order valence-corrected chi connectivity index (χ0v) is 15.3. The smallest absolute Gasteiger partial charge is 0.342 e. The van der Waals surface area contributed by atoms with Crippen molar-refractivity contribution in [3.05, 3.63) is 65.3 Å². The lowest BCUT2D eigenvalue weighted by molar-refractivity contribution is -0.143. The third-order valence-corrected chi connectivity index (χ3v) is 3.96. The van der Waals surface area contributed by atoms with Gasteiger partial charge in [0.05, 0.1) is 29.6 Å². The van der Waals surface area contributed by atoms with Crippen LogP contribution in [-0.2, 0) is 12.4 Å². The van der Waals surface area contributed by atoms with Crippen LogP contribution in [0.25, 0.3) is 5.95 Å². The van der Waals surface area contributed by atoms with Crippen LogP contribution in [0.15, 0.2) is 36.9 Å². The fraction of sp³-hybridized carbons (Fsp3) is 0.235. The van der Waals surface area contributed by atoms with E-state index in [2.05, 4.69) is 25.4 Å². The van der Waals surface area contributed by atoms with Gasteiger partial charge in [-0.05, 0) is 25.1 Å². The van der Waals surface area contributed by atoms with E-state index in [1.54, 1.807) is 0 Å². The Kier molecular flexibility index (Phi) is 5.65. The largest absolute Gasteiger partial charge is 0.416 e. The molecule has 1 aromatic carbocycles. The van der Waals surface area contributed by atoms with Gasteiger partial charge in [-0.3, -0.25) is 4.79 Å². The Morgan fingerprint density at radius 2 is 1.52 bits per heavy atom. The Morgan fingerprint density at radius 1 is 0.968 bits per heavy atom. The van der Waals surface area contributed by atoms with E-state index >= 15 is 0 Å². The minimum absolute atomic E-state index is 0.00276. The molecule has 164 valence electrons. The molecule has 0 fully saturated rings. The summed E-state index contributed by atoms with van der Waals surface area (Å²) in [6, 6.07) is -0.494. The summed E-state index contributed by atoms with van der Waals surface area (Å²) < 4.78 is 92.0. The Labute approximate surface area is 169 Å². The Bertz CT molecular complexity index is 1060. The highest BCUT2D eigenvalue weighted by molar-refractivity contribution is 5.94. The average Bonchev–Trinajstić information content (AvgIpc) is 3.16. The molecule has 0 spiro atoms. The zero-order valence-electron chi connectivity index (χ0n) is 15.3. The molecule has 31 heavy (non-hydrogen) atoms. The standard InChI is InChI=1S/C17H11F7N6O/c1-8(13-27-7-28-30(13)15-25-5-12(18)6-26-15)29-14(31)9-2-10(16(19,20)21)4-11(3-9)17(22,23)24/h2-8H,1H3,(H,29,31)/t8-/m0/s1. The molecule has 0 unspecified atom stereocenters. The number of benzene rings is 1. The minimum Gasteiger partial charge on any atom is -0.342 e. The number of halogens is 7. The normalized spacial score (nSPS) is 13.2. The van der Waals surface area contributed by atoms with Gasteiger partial charge in [0.2, 0.25) is 0 Å². The fourth-order valence-electron chi connectivity index (χ4n) is 2.55. The molecule has 0 aliphatic rings. The number of nitrogens with one attached hydrogen (secondary N) is 1. The van der Waals surface area contributed by atoms with Gasteiger partial charge in [0.15, 0.2) is 11.6 Å². The van der Waals surface area contributed by atoms with Gasteiger partial charge in [0, 0.05) is 5.56 Å². The van der Waals surface area contributed by atoms with Gasteiger partial charge in [0.1, 0.15) is 6.33 Å².